The van der Waals surface area contributed by atoms with Crippen LogP contribution >= 0.6 is 0 Å². The lowest BCUT2D eigenvalue weighted by Crippen LogP contribution is -2.50. The van der Waals surface area contributed by atoms with Gasteiger partial charge >= 0.3 is 0 Å². The Morgan fingerprint density at radius 2 is 2.21 bits per heavy atom. The summed E-state index contributed by atoms with van der Waals surface area (Å²) in [7, 11) is 0. The number of fused-ring (bicyclic) bond motifs is 1. The molecule has 0 bridgehead atoms. The predicted octanol–water partition coefficient (Wildman–Crippen LogP) is 1.59. The van der Waals surface area contributed by atoms with Gasteiger partial charge in [0.1, 0.15) is 0 Å². The van der Waals surface area contributed by atoms with Gasteiger partial charge in [-0.15, -0.1) is 0 Å². The van der Waals surface area contributed by atoms with Crippen LogP contribution in [-0.2, 0) is 17.8 Å². The molecule has 4 nitrogen and oxygen atoms in total. The van der Waals surface area contributed by atoms with Crippen molar-refractivity contribution in [1.29, 1.82) is 0 Å². The smallest absolute Gasteiger partial charge is 0.251 e. The number of amides is 1. The summed E-state index contributed by atoms with van der Waals surface area (Å²) in [5, 5.41) is 6.42. The average molecular weight is 260 g/mol. The topological polar surface area (TPSA) is 50.4 Å². The minimum Gasteiger partial charge on any atom is -0.376 e. The molecule has 3 rings (SSSR count). The molecule has 4 heteroatoms. The molecule has 2 unspecified atom stereocenters. The van der Waals surface area contributed by atoms with E-state index in [1.807, 2.05) is 25.1 Å². The molecule has 1 aromatic rings. The Morgan fingerprint density at radius 1 is 1.42 bits per heavy atom. The number of hydrogen-bond acceptors (Lipinski definition) is 3. The van der Waals surface area contributed by atoms with Crippen LogP contribution in [0.15, 0.2) is 18.2 Å². The van der Waals surface area contributed by atoms with Crippen LogP contribution in [0.5, 0.6) is 0 Å². The van der Waals surface area contributed by atoms with Crippen molar-refractivity contribution in [2.75, 3.05) is 6.61 Å². The van der Waals surface area contributed by atoms with Crippen molar-refractivity contribution in [2.24, 2.45) is 0 Å². The van der Waals surface area contributed by atoms with E-state index in [0.717, 1.165) is 25.1 Å². The van der Waals surface area contributed by atoms with Crippen molar-refractivity contribution >= 4 is 5.91 Å². The third-order valence-electron chi connectivity index (χ3n) is 4.38. The fraction of sp³-hybridized carbons (Fsp3) is 0.533. The molecule has 0 radical (unpaired) electrons. The van der Waals surface area contributed by atoms with Gasteiger partial charge in [-0.1, -0.05) is 6.07 Å². The van der Waals surface area contributed by atoms with Gasteiger partial charge < -0.3 is 15.4 Å². The van der Waals surface area contributed by atoms with Crippen LogP contribution in [-0.4, -0.2) is 24.2 Å². The van der Waals surface area contributed by atoms with Crippen molar-refractivity contribution in [3.8, 4) is 0 Å². The zero-order valence-corrected chi connectivity index (χ0v) is 11.5. The summed E-state index contributed by atoms with van der Waals surface area (Å²) in [5.41, 5.74) is 3.01. The largest absolute Gasteiger partial charge is 0.376 e. The lowest BCUT2D eigenvalue weighted by atomic mass is 9.94. The maximum atomic E-state index is 12.4. The summed E-state index contributed by atoms with van der Waals surface area (Å²) in [6.45, 7) is 6.54. The van der Waals surface area contributed by atoms with Gasteiger partial charge in [0.25, 0.3) is 5.91 Å². The standard InChI is InChI=1S/C15H20N2O2/c1-10-15(2,5-6-19-10)17-14(18)11-3-4-12-8-16-9-13(12)7-11/h3-4,7,10,16H,5-6,8-9H2,1-2H3,(H,17,18). The number of carbonyl (C=O) groups excluding carboxylic acids is 1. The molecule has 1 aromatic carbocycles. The first kappa shape index (κ1) is 12.6. The van der Waals surface area contributed by atoms with Crippen LogP contribution in [0.4, 0.5) is 0 Å². The number of hydrogen-bond donors (Lipinski definition) is 2. The van der Waals surface area contributed by atoms with E-state index in [1.165, 1.54) is 11.1 Å². The second-order valence-corrected chi connectivity index (χ2v) is 5.72. The van der Waals surface area contributed by atoms with Gasteiger partial charge in [0.05, 0.1) is 11.6 Å². The molecule has 19 heavy (non-hydrogen) atoms. The third-order valence-corrected chi connectivity index (χ3v) is 4.38. The molecule has 0 spiro atoms. The number of benzene rings is 1. The maximum Gasteiger partial charge on any atom is 0.251 e. The third kappa shape index (κ3) is 2.26. The molecule has 1 amide bonds. The van der Waals surface area contributed by atoms with Crippen molar-refractivity contribution in [2.45, 2.75) is 45.0 Å². The molecule has 1 saturated heterocycles. The van der Waals surface area contributed by atoms with Gasteiger partial charge in [0, 0.05) is 25.3 Å². The van der Waals surface area contributed by atoms with Crippen LogP contribution in [0, 0.1) is 0 Å². The summed E-state index contributed by atoms with van der Waals surface area (Å²) in [4.78, 5) is 12.4. The Hall–Kier alpha value is -1.39. The van der Waals surface area contributed by atoms with Crippen LogP contribution in [0.2, 0.25) is 0 Å². The molecule has 2 aliphatic rings. The number of rotatable bonds is 2. The fourth-order valence-corrected chi connectivity index (χ4v) is 2.77. The number of carbonyl (C=O) groups is 1. The van der Waals surface area contributed by atoms with E-state index in [-0.39, 0.29) is 17.6 Å². The summed E-state index contributed by atoms with van der Waals surface area (Å²) < 4.78 is 5.55. The molecular weight excluding hydrogens is 240 g/mol. The summed E-state index contributed by atoms with van der Waals surface area (Å²) >= 11 is 0. The minimum atomic E-state index is -0.256. The van der Waals surface area contributed by atoms with E-state index < -0.39 is 0 Å². The Morgan fingerprint density at radius 3 is 2.95 bits per heavy atom. The van der Waals surface area contributed by atoms with Crippen molar-refractivity contribution < 1.29 is 9.53 Å². The van der Waals surface area contributed by atoms with Crippen molar-refractivity contribution in [1.82, 2.24) is 10.6 Å². The van der Waals surface area contributed by atoms with Crippen LogP contribution in [0.1, 0.15) is 41.8 Å². The van der Waals surface area contributed by atoms with E-state index >= 15 is 0 Å². The Bertz CT molecular complexity index is 515. The second kappa shape index (κ2) is 4.62. The Labute approximate surface area is 113 Å². The summed E-state index contributed by atoms with van der Waals surface area (Å²) in [6.07, 6.45) is 0.930. The van der Waals surface area contributed by atoms with E-state index in [2.05, 4.69) is 17.6 Å². The molecule has 2 heterocycles. The lowest BCUT2D eigenvalue weighted by molar-refractivity contribution is 0.0727. The number of nitrogens with one attached hydrogen (secondary N) is 2. The predicted molar refractivity (Wildman–Crippen MR) is 72.9 cm³/mol. The Balaban J connectivity index is 1.77. The summed E-state index contributed by atoms with van der Waals surface area (Å²) in [6, 6.07) is 5.95. The average Bonchev–Trinajstić information content (AvgIpc) is 2.96. The highest BCUT2D eigenvalue weighted by atomic mass is 16.5. The monoisotopic (exact) mass is 260 g/mol. The second-order valence-electron chi connectivity index (χ2n) is 5.72. The summed E-state index contributed by atoms with van der Waals surface area (Å²) in [5.74, 6) is -0.00505. The Kier molecular flexibility index (Phi) is 3.07. The van der Waals surface area contributed by atoms with Gasteiger partial charge in [0.2, 0.25) is 0 Å². The molecular formula is C15H20N2O2. The highest BCUT2D eigenvalue weighted by Crippen LogP contribution is 2.26. The molecule has 2 atom stereocenters. The quantitative estimate of drug-likeness (QED) is 0.849. The van der Waals surface area contributed by atoms with Gasteiger partial charge in [-0.3, -0.25) is 4.79 Å². The lowest BCUT2D eigenvalue weighted by Gasteiger charge is -2.29. The van der Waals surface area contributed by atoms with Crippen LogP contribution in [0.25, 0.3) is 0 Å². The molecule has 2 N–H and O–H groups in total. The normalized spacial score (nSPS) is 29.3. The fourth-order valence-electron chi connectivity index (χ4n) is 2.77. The molecule has 102 valence electrons. The first-order chi connectivity index (χ1) is 9.08. The van der Waals surface area contributed by atoms with E-state index in [1.54, 1.807) is 0 Å². The van der Waals surface area contributed by atoms with Crippen molar-refractivity contribution in [3.05, 3.63) is 34.9 Å². The molecule has 1 fully saturated rings. The van der Waals surface area contributed by atoms with Gasteiger partial charge in [-0.25, -0.2) is 0 Å². The minimum absolute atomic E-state index is 0.00505. The molecule has 0 aromatic heterocycles. The first-order valence-electron chi connectivity index (χ1n) is 6.85. The SMILES string of the molecule is CC1OCCC1(C)NC(=O)c1ccc2c(c1)CNC2. The van der Waals surface area contributed by atoms with E-state index in [0.29, 0.717) is 6.61 Å². The van der Waals surface area contributed by atoms with Gasteiger partial charge in [0.15, 0.2) is 0 Å². The van der Waals surface area contributed by atoms with Crippen molar-refractivity contribution in [3.63, 3.8) is 0 Å². The highest BCUT2D eigenvalue weighted by Gasteiger charge is 2.38. The van der Waals surface area contributed by atoms with E-state index in [9.17, 15) is 4.79 Å². The maximum absolute atomic E-state index is 12.4. The van der Waals surface area contributed by atoms with Crippen LogP contribution < -0.4 is 10.6 Å². The molecule has 0 saturated carbocycles. The van der Waals surface area contributed by atoms with Gasteiger partial charge in [-0.2, -0.15) is 0 Å². The van der Waals surface area contributed by atoms with Gasteiger partial charge in [-0.05, 0) is 43.5 Å². The first-order valence-corrected chi connectivity index (χ1v) is 6.85. The molecule has 2 aliphatic heterocycles. The number of ether oxygens (including phenoxy) is 1. The van der Waals surface area contributed by atoms with Crippen LogP contribution in [0.3, 0.4) is 0 Å². The molecule has 0 aliphatic carbocycles. The zero-order chi connectivity index (χ0) is 13.5. The zero-order valence-electron chi connectivity index (χ0n) is 11.5. The highest BCUT2D eigenvalue weighted by molar-refractivity contribution is 5.95. The van der Waals surface area contributed by atoms with E-state index in [4.69, 9.17) is 4.74 Å².